The van der Waals surface area contributed by atoms with Gasteiger partial charge < -0.3 is 5.11 Å². The molecule has 0 saturated heterocycles. The first-order chi connectivity index (χ1) is 6.59. The first-order valence-electron chi connectivity index (χ1n) is 4.56. The molecule has 1 rings (SSSR count). The third kappa shape index (κ3) is 3.17. The number of aliphatic carboxylic acids is 1. The van der Waals surface area contributed by atoms with E-state index in [0.29, 0.717) is 18.4 Å². The van der Waals surface area contributed by atoms with E-state index in [9.17, 15) is 9.18 Å². The number of carboxylic acids is 1. The summed E-state index contributed by atoms with van der Waals surface area (Å²) in [5, 5.41) is 8.41. The molecule has 1 aromatic rings. The van der Waals surface area contributed by atoms with Crippen LogP contribution in [0.4, 0.5) is 4.39 Å². The maximum absolute atomic E-state index is 13.2. The molecular weight excluding hydrogens is 183 g/mol. The summed E-state index contributed by atoms with van der Waals surface area (Å²) in [4.78, 5) is 10.2. The van der Waals surface area contributed by atoms with Crippen molar-refractivity contribution in [3.05, 3.63) is 35.1 Å². The second kappa shape index (κ2) is 4.74. The van der Waals surface area contributed by atoms with Crippen LogP contribution in [0.15, 0.2) is 18.2 Å². The van der Waals surface area contributed by atoms with E-state index in [0.717, 1.165) is 5.56 Å². The van der Waals surface area contributed by atoms with Crippen molar-refractivity contribution in [2.75, 3.05) is 0 Å². The van der Waals surface area contributed by atoms with Gasteiger partial charge in [0.1, 0.15) is 5.82 Å². The minimum Gasteiger partial charge on any atom is -0.481 e. The molecule has 0 bridgehead atoms. The number of benzene rings is 1. The van der Waals surface area contributed by atoms with E-state index in [-0.39, 0.29) is 12.2 Å². The van der Waals surface area contributed by atoms with Crippen LogP contribution in [0.25, 0.3) is 0 Å². The Morgan fingerprint density at radius 2 is 2.21 bits per heavy atom. The van der Waals surface area contributed by atoms with E-state index in [2.05, 4.69) is 0 Å². The summed E-state index contributed by atoms with van der Waals surface area (Å²) >= 11 is 0. The van der Waals surface area contributed by atoms with E-state index in [1.165, 1.54) is 6.07 Å². The third-order valence-electron chi connectivity index (χ3n) is 2.05. The van der Waals surface area contributed by atoms with Gasteiger partial charge in [-0.3, -0.25) is 4.79 Å². The zero-order valence-corrected chi connectivity index (χ0v) is 8.09. The van der Waals surface area contributed by atoms with Crippen molar-refractivity contribution < 1.29 is 14.3 Å². The molecule has 0 spiro atoms. The zero-order valence-electron chi connectivity index (χ0n) is 8.09. The van der Waals surface area contributed by atoms with Crippen LogP contribution in [-0.2, 0) is 11.2 Å². The molecule has 0 saturated carbocycles. The summed E-state index contributed by atoms with van der Waals surface area (Å²) in [6.45, 7) is 1.82. The molecule has 0 aliphatic heterocycles. The lowest BCUT2D eigenvalue weighted by Gasteiger charge is -2.02. The highest BCUT2D eigenvalue weighted by atomic mass is 19.1. The van der Waals surface area contributed by atoms with Gasteiger partial charge in [-0.1, -0.05) is 12.1 Å². The Balaban J connectivity index is 2.55. The molecule has 0 aromatic heterocycles. The fraction of sp³-hybridized carbons (Fsp3) is 0.364. The molecule has 0 unspecified atom stereocenters. The molecule has 14 heavy (non-hydrogen) atoms. The number of hydrogen-bond acceptors (Lipinski definition) is 1. The molecule has 0 atom stereocenters. The van der Waals surface area contributed by atoms with Crippen LogP contribution < -0.4 is 0 Å². The fourth-order valence-electron chi connectivity index (χ4n) is 1.29. The Kier molecular flexibility index (Phi) is 3.63. The smallest absolute Gasteiger partial charge is 0.303 e. The predicted molar refractivity (Wildman–Crippen MR) is 51.7 cm³/mol. The first-order valence-corrected chi connectivity index (χ1v) is 4.56. The second-order valence-corrected chi connectivity index (χ2v) is 3.34. The van der Waals surface area contributed by atoms with Crippen LogP contribution in [0, 0.1) is 12.7 Å². The van der Waals surface area contributed by atoms with Crippen LogP contribution in [0.2, 0.25) is 0 Å². The van der Waals surface area contributed by atoms with E-state index in [1.807, 2.05) is 13.0 Å². The molecule has 2 nitrogen and oxygen atoms in total. The molecule has 0 aliphatic carbocycles. The largest absolute Gasteiger partial charge is 0.481 e. The fourth-order valence-corrected chi connectivity index (χ4v) is 1.29. The van der Waals surface area contributed by atoms with Crippen molar-refractivity contribution in [2.24, 2.45) is 0 Å². The van der Waals surface area contributed by atoms with Crippen LogP contribution in [0.3, 0.4) is 0 Å². The summed E-state index contributed by atoms with van der Waals surface area (Å²) in [5.74, 6) is -1.08. The van der Waals surface area contributed by atoms with Gasteiger partial charge in [-0.15, -0.1) is 0 Å². The Labute approximate surface area is 82.4 Å². The van der Waals surface area contributed by atoms with Crippen LogP contribution in [0.1, 0.15) is 24.0 Å². The lowest BCUT2D eigenvalue weighted by Crippen LogP contribution is -1.97. The lowest BCUT2D eigenvalue weighted by molar-refractivity contribution is -0.137. The minimum atomic E-state index is -0.836. The summed E-state index contributed by atoms with van der Waals surface area (Å²) in [6, 6.07) is 5.02. The van der Waals surface area contributed by atoms with Crippen molar-refractivity contribution in [2.45, 2.75) is 26.2 Å². The molecule has 1 aromatic carbocycles. The Morgan fingerprint density at radius 1 is 1.50 bits per heavy atom. The number of rotatable bonds is 4. The van der Waals surface area contributed by atoms with Gasteiger partial charge in [0.2, 0.25) is 0 Å². The van der Waals surface area contributed by atoms with Crippen molar-refractivity contribution in [1.82, 2.24) is 0 Å². The molecule has 0 radical (unpaired) electrons. The van der Waals surface area contributed by atoms with Crippen LogP contribution in [-0.4, -0.2) is 11.1 Å². The van der Waals surface area contributed by atoms with Crippen molar-refractivity contribution >= 4 is 5.97 Å². The number of carbonyl (C=O) groups is 1. The van der Waals surface area contributed by atoms with Gasteiger partial charge in [0, 0.05) is 6.42 Å². The highest BCUT2D eigenvalue weighted by Crippen LogP contribution is 2.12. The monoisotopic (exact) mass is 196 g/mol. The maximum Gasteiger partial charge on any atom is 0.303 e. The van der Waals surface area contributed by atoms with Crippen LogP contribution in [0.5, 0.6) is 0 Å². The Morgan fingerprint density at radius 3 is 2.79 bits per heavy atom. The predicted octanol–water partition coefficient (Wildman–Crippen LogP) is 2.54. The van der Waals surface area contributed by atoms with Gasteiger partial charge in [-0.25, -0.2) is 4.39 Å². The van der Waals surface area contributed by atoms with E-state index < -0.39 is 5.97 Å². The minimum absolute atomic E-state index is 0.0906. The molecule has 0 fully saturated rings. The molecule has 0 aliphatic rings. The van der Waals surface area contributed by atoms with Gasteiger partial charge in [-0.05, 0) is 37.0 Å². The second-order valence-electron chi connectivity index (χ2n) is 3.34. The normalized spacial score (nSPS) is 10.1. The van der Waals surface area contributed by atoms with Gasteiger partial charge >= 0.3 is 5.97 Å². The van der Waals surface area contributed by atoms with Crippen molar-refractivity contribution in [3.63, 3.8) is 0 Å². The number of hydrogen-bond donors (Lipinski definition) is 1. The molecule has 76 valence electrons. The zero-order chi connectivity index (χ0) is 10.6. The van der Waals surface area contributed by atoms with E-state index in [4.69, 9.17) is 5.11 Å². The number of aryl methyl sites for hydroxylation is 2. The van der Waals surface area contributed by atoms with E-state index >= 15 is 0 Å². The average Bonchev–Trinajstić information content (AvgIpc) is 2.08. The van der Waals surface area contributed by atoms with Crippen molar-refractivity contribution in [3.8, 4) is 0 Å². The highest BCUT2D eigenvalue weighted by molar-refractivity contribution is 5.66. The highest BCUT2D eigenvalue weighted by Gasteiger charge is 2.03. The SMILES string of the molecule is Cc1ccc(CCCC(=O)O)c(F)c1. The Hall–Kier alpha value is -1.38. The lowest BCUT2D eigenvalue weighted by atomic mass is 10.1. The molecular formula is C11H13FO2. The molecule has 0 heterocycles. The molecule has 0 amide bonds. The van der Waals surface area contributed by atoms with Gasteiger partial charge in [0.25, 0.3) is 0 Å². The topological polar surface area (TPSA) is 37.3 Å². The summed E-state index contributed by atoms with van der Waals surface area (Å²) in [7, 11) is 0. The van der Waals surface area contributed by atoms with Gasteiger partial charge in [0.15, 0.2) is 0 Å². The Bertz CT molecular complexity index is 334. The molecule has 3 heteroatoms. The number of carboxylic acid groups (broad SMARTS) is 1. The van der Waals surface area contributed by atoms with E-state index in [1.54, 1.807) is 6.07 Å². The summed E-state index contributed by atoms with van der Waals surface area (Å²) in [5.41, 5.74) is 1.47. The quantitative estimate of drug-likeness (QED) is 0.803. The summed E-state index contributed by atoms with van der Waals surface area (Å²) in [6.07, 6.45) is 1.06. The number of halogens is 1. The van der Waals surface area contributed by atoms with Gasteiger partial charge in [0.05, 0.1) is 0 Å². The van der Waals surface area contributed by atoms with Gasteiger partial charge in [-0.2, -0.15) is 0 Å². The average molecular weight is 196 g/mol. The first kappa shape index (κ1) is 10.7. The molecule has 1 N–H and O–H groups in total. The summed E-state index contributed by atoms with van der Waals surface area (Å²) < 4.78 is 13.2. The third-order valence-corrected chi connectivity index (χ3v) is 2.05. The van der Waals surface area contributed by atoms with Crippen LogP contribution >= 0.6 is 0 Å². The standard InChI is InChI=1S/C11H13FO2/c1-8-5-6-9(10(12)7-8)3-2-4-11(13)14/h5-7H,2-4H2,1H3,(H,13,14). The maximum atomic E-state index is 13.2. The van der Waals surface area contributed by atoms with Crippen molar-refractivity contribution in [1.29, 1.82) is 0 Å².